The standard InChI is InChI=1S/C52H86O/c1-5-13-41(14-6-1)43-25-29-47(30-26-43)51(45-17-9-3-10-18-45)37-39-21-33-49(34-22-39)53-50-35-23-40(24-36-50)38-52(46-19-11-4-12-20-46)48-31-27-44(28-32-48)42-15-7-2-8-16-42/h37-50H,1-36H2. The van der Waals surface area contributed by atoms with Crippen LogP contribution in [0, 0.1) is 59.2 Å². The number of hydrogen-bond acceptors (Lipinski definition) is 1. The molecule has 0 unspecified atom stereocenters. The van der Waals surface area contributed by atoms with Crippen molar-refractivity contribution in [2.45, 2.75) is 243 Å². The van der Waals surface area contributed by atoms with E-state index in [4.69, 9.17) is 4.74 Å². The van der Waals surface area contributed by atoms with E-state index < -0.39 is 0 Å². The van der Waals surface area contributed by atoms with Crippen molar-refractivity contribution >= 4 is 0 Å². The number of allylic oxidation sites excluding steroid dienone is 4. The molecule has 0 N–H and O–H groups in total. The van der Waals surface area contributed by atoms with Crippen molar-refractivity contribution in [3.05, 3.63) is 23.3 Å². The summed E-state index contributed by atoms with van der Waals surface area (Å²) in [5, 5.41) is 0. The first-order chi connectivity index (χ1) is 26.2. The summed E-state index contributed by atoms with van der Waals surface area (Å²) in [6.07, 6.45) is 60.2. The predicted octanol–water partition coefficient (Wildman–Crippen LogP) is 15.9. The van der Waals surface area contributed by atoms with Gasteiger partial charge in [-0.1, -0.05) is 126 Å². The summed E-state index contributed by atoms with van der Waals surface area (Å²) in [5.74, 6) is 9.64. The topological polar surface area (TPSA) is 9.23 Å². The van der Waals surface area contributed by atoms with Crippen LogP contribution in [-0.2, 0) is 4.74 Å². The molecule has 1 heteroatoms. The average Bonchev–Trinajstić information content (AvgIpc) is 3.24. The first-order valence-corrected chi connectivity index (χ1v) is 25.3. The summed E-state index contributed by atoms with van der Waals surface area (Å²) >= 11 is 0. The van der Waals surface area contributed by atoms with Crippen LogP contribution >= 0.6 is 0 Å². The van der Waals surface area contributed by atoms with E-state index in [1.165, 1.54) is 180 Å². The SMILES string of the molecule is C(=C(C1CCCCC1)C1CCC(C2CCCCC2)CC1)C1CCC(OC2CCC(C=C(C3CCCCC3)C3CCC(C4CCCCC4)CC3)CC2)CC1. The van der Waals surface area contributed by atoms with E-state index in [0.717, 1.165) is 59.2 Å². The van der Waals surface area contributed by atoms with E-state index >= 15 is 0 Å². The van der Waals surface area contributed by atoms with Crippen LogP contribution in [0.2, 0.25) is 0 Å². The van der Waals surface area contributed by atoms with Gasteiger partial charge in [-0.3, -0.25) is 0 Å². The largest absolute Gasteiger partial charge is 0.375 e. The van der Waals surface area contributed by atoms with Crippen LogP contribution in [-0.4, -0.2) is 12.2 Å². The first-order valence-electron chi connectivity index (χ1n) is 25.3. The van der Waals surface area contributed by atoms with Gasteiger partial charge in [0.2, 0.25) is 0 Å². The van der Waals surface area contributed by atoms with Gasteiger partial charge in [0.1, 0.15) is 0 Å². The molecule has 300 valence electrons. The minimum absolute atomic E-state index is 0.540. The molecular formula is C52H86O. The lowest BCUT2D eigenvalue weighted by Gasteiger charge is -2.40. The Labute approximate surface area is 329 Å². The van der Waals surface area contributed by atoms with Gasteiger partial charge in [-0.05, 0) is 188 Å². The Bertz CT molecular complexity index is 1000. The van der Waals surface area contributed by atoms with Gasteiger partial charge in [0, 0.05) is 0 Å². The molecule has 0 amide bonds. The highest BCUT2D eigenvalue weighted by Crippen LogP contribution is 2.48. The highest BCUT2D eigenvalue weighted by atomic mass is 16.5. The molecule has 8 saturated carbocycles. The second-order valence-corrected chi connectivity index (χ2v) is 21.2. The normalized spacial score (nSPS) is 38.9. The van der Waals surface area contributed by atoms with Gasteiger partial charge >= 0.3 is 0 Å². The lowest BCUT2D eigenvalue weighted by molar-refractivity contribution is -0.0521. The Morgan fingerprint density at radius 3 is 0.887 bits per heavy atom. The van der Waals surface area contributed by atoms with Crippen molar-refractivity contribution in [2.24, 2.45) is 59.2 Å². The third-order valence-electron chi connectivity index (χ3n) is 18.0. The fraction of sp³-hybridized carbons (Fsp3) is 0.923. The molecule has 0 spiro atoms. The zero-order valence-corrected chi connectivity index (χ0v) is 34.9. The van der Waals surface area contributed by atoms with Gasteiger partial charge in [0.25, 0.3) is 0 Å². The summed E-state index contributed by atoms with van der Waals surface area (Å²) in [7, 11) is 0. The highest BCUT2D eigenvalue weighted by molar-refractivity contribution is 5.17. The zero-order valence-electron chi connectivity index (χ0n) is 34.9. The van der Waals surface area contributed by atoms with E-state index in [1.54, 1.807) is 51.4 Å². The minimum atomic E-state index is 0.540. The Balaban J connectivity index is 0.806. The smallest absolute Gasteiger partial charge is 0.0579 e. The molecule has 0 aromatic rings. The summed E-state index contributed by atoms with van der Waals surface area (Å²) in [6.45, 7) is 0. The maximum atomic E-state index is 7.00. The van der Waals surface area contributed by atoms with Crippen molar-refractivity contribution < 1.29 is 4.74 Å². The minimum Gasteiger partial charge on any atom is -0.375 e. The first kappa shape index (κ1) is 39.3. The molecule has 0 aromatic heterocycles. The van der Waals surface area contributed by atoms with Gasteiger partial charge in [-0.25, -0.2) is 0 Å². The molecule has 8 fully saturated rings. The van der Waals surface area contributed by atoms with Gasteiger partial charge in [-0.15, -0.1) is 0 Å². The fourth-order valence-electron chi connectivity index (χ4n) is 14.7. The van der Waals surface area contributed by atoms with Crippen molar-refractivity contribution in [3.8, 4) is 0 Å². The van der Waals surface area contributed by atoms with Gasteiger partial charge in [-0.2, -0.15) is 0 Å². The lowest BCUT2D eigenvalue weighted by atomic mass is 9.66. The molecule has 0 aliphatic heterocycles. The Kier molecular flexibility index (Phi) is 15.0. The lowest BCUT2D eigenvalue weighted by Crippen LogP contribution is -2.30. The molecule has 8 aliphatic carbocycles. The van der Waals surface area contributed by atoms with Crippen LogP contribution in [0.25, 0.3) is 0 Å². The number of ether oxygens (including phenoxy) is 1. The Morgan fingerprint density at radius 1 is 0.264 bits per heavy atom. The molecule has 0 heterocycles. The van der Waals surface area contributed by atoms with Crippen LogP contribution in [0.3, 0.4) is 0 Å². The molecule has 8 aliphatic rings. The van der Waals surface area contributed by atoms with E-state index in [-0.39, 0.29) is 0 Å². The van der Waals surface area contributed by atoms with Crippen LogP contribution < -0.4 is 0 Å². The van der Waals surface area contributed by atoms with Crippen LogP contribution in [0.5, 0.6) is 0 Å². The second-order valence-electron chi connectivity index (χ2n) is 21.2. The second kappa shape index (κ2) is 20.2. The summed E-state index contributed by atoms with van der Waals surface area (Å²) < 4.78 is 7.00. The van der Waals surface area contributed by atoms with Gasteiger partial charge < -0.3 is 4.74 Å². The fourth-order valence-corrected chi connectivity index (χ4v) is 14.7. The monoisotopic (exact) mass is 727 g/mol. The molecular weight excluding hydrogens is 641 g/mol. The third-order valence-corrected chi connectivity index (χ3v) is 18.0. The molecule has 53 heavy (non-hydrogen) atoms. The predicted molar refractivity (Wildman–Crippen MR) is 226 cm³/mol. The van der Waals surface area contributed by atoms with E-state index in [2.05, 4.69) is 12.2 Å². The Hall–Kier alpha value is -0.560. The molecule has 1 nitrogen and oxygen atoms in total. The highest BCUT2D eigenvalue weighted by Gasteiger charge is 2.36. The Morgan fingerprint density at radius 2 is 0.547 bits per heavy atom. The van der Waals surface area contributed by atoms with Gasteiger partial charge in [0.05, 0.1) is 12.2 Å². The molecule has 0 bridgehead atoms. The van der Waals surface area contributed by atoms with Crippen LogP contribution in [0.1, 0.15) is 231 Å². The summed E-state index contributed by atoms with van der Waals surface area (Å²) in [5.41, 5.74) is 3.96. The van der Waals surface area contributed by atoms with E-state index in [1.807, 2.05) is 11.1 Å². The maximum Gasteiger partial charge on any atom is 0.0579 e. The van der Waals surface area contributed by atoms with E-state index in [9.17, 15) is 0 Å². The van der Waals surface area contributed by atoms with Crippen LogP contribution in [0.4, 0.5) is 0 Å². The quantitative estimate of drug-likeness (QED) is 0.204. The molecule has 0 saturated heterocycles. The van der Waals surface area contributed by atoms with Crippen LogP contribution in [0.15, 0.2) is 23.3 Å². The van der Waals surface area contributed by atoms with Crippen molar-refractivity contribution in [1.82, 2.24) is 0 Å². The number of rotatable bonds is 10. The van der Waals surface area contributed by atoms with E-state index in [0.29, 0.717) is 12.2 Å². The molecule has 8 rings (SSSR count). The summed E-state index contributed by atoms with van der Waals surface area (Å²) in [6, 6.07) is 0. The van der Waals surface area contributed by atoms with Crippen molar-refractivity contribution in [2.75, 3.05) is 0 Å². The summed E-state index contributed by atoms with van der Waals surface area (Å²) in [4.78, 5) is 0. The average molecular weight is 727 g/mol. The zero-order chi connectivity index (χ0) is 35.7. The maximum absolute atomic E-state index is 7.00. The third kappa shape index (κ3) is 10.9. The number of hydrogen-bond donors (Lipinski definition) is 0. The molecule has 0 atom stereocenters. The van der Waals surface area contributed by atoms with Crippen molar-refractivity contribution in [1.29, 1.82) is 0 Å². The van der Waals surface area contributed by atoms with Crippen molar-refractivity contribution in [3.63, 3.8) is 0 Å². The molecule has 0 radical (unpaired) electrons. The van der Waals surface area contributed by atoms with Gasteiger partial charge in [0.15, 0.2) is 0 Å². The molecule has 0 aromatic carbocycles.